The van der Waals surface area contributed by atoms with Crippen molar-refractivity contribution in [2.75, 3.05) is 0 Å². The normalized spacial score (nSPS) is 10.9. The summed E-state index contributed by atoms with van der Waals surface area (Å²) in [5.41, 5.74) is 3.66. The van der Waals surface area contributed by atoms with Crippen LogP contribution in [0.25, 0.3) is 16.8 Å². The SMILES string of the molecule is c1ccn2c(-c3ccc(Sc4ccncc4)cc3)ccc2c1. The van der Waals surface area contributed by atoms with E-state index in [1.54, 1.807) is 11.8 Å². The standard InChI is InChI=1S/C19H14N2S/c1-2-14-21-16(3-1)6-9-19(21)15-4-7-17(8-5-15)22-18-10-12-20-13-11-18/h1-14H. The summed E-state index contributed by atoms with van der Waals surface area (Å²) in [5.74, 6) is 0. The fraction of sp³-hybridized carbons (Fsp3) is 0. The molecule has 0 N–H and O–H groups in total. The van der Waals surface area contributed by atoms with Crippen LogP contribution in [0.1, 0.15) is 0 Å². The molecule has 0 aliphatic carbocycles. The Labute approximate surface area is 133 Å². The number of benzene rings is 1. The summed E-state index contributed by atoms with van der Waals surface area (Å²) >= 11 is 1.75. The van der Waals surface area contributed by atoms with E-state index in [4.69, 9.17) is 0 Å². The molecule has 1 aromatic carbocycles. The monoisotopic (exact) mass is 302 g/mol. The first kappa shape index (κ1) is 13.2. The summed E-state index contributed by atoms with van der Waals surface area (Å²) in [5, 5.41) is 0. The van der Waals surface area contributed by atoms with Crippen LogP contribution in [0.2, 0.25) is 0 Å². The molecular weight excluding hydrogens is 288 g/mol. The highest BCUT2D eigenvalue weighted by Gasteiger charge is 2.04. The molecule has 22 heavy (non-hydrogen) atoms. The van der Waals surface area contributed by atoms with Crippen LogP contribution in [0.5, 0.6) is 0 Å². The van der Waals surface area contributed by atoms with Crippen molar-refractivity contribution in [1.82, 2.24) is 9.38 Å². The quantitative estimate of drug-likeness (QED) is 0.520. The Morgan fingerprint density at radius 2 is 1.50 bits per heavy atom. The summed E-state index contributed by atoms with van der Waals surface area (Å²) in [4.78, 5) is 6.48. The third-order valence-electron chi connectivity index (χ3n) is 3.60. The van der Waals surface area contributed by atoms with Gasteiger partial charge in [-0.15, -0.1) is 0 Å². The van der Waals surface area contributed by atoms with E-state index in [-0.39, 0.29) is 0 Å². The van der Waals surface area contributed by atoms with Crippen LogP contribution in [0.4, 0.5) is 0 Å². The van der Waals surface area contributed by atoms with Crippen LogP contribution < -0.4 is 0 Å². The second kappa shape index (κ2) is 5.70. The van der Waals surface area contributed by atoms with Crippen molar-refractivity contribution in [3.8, 4) is 11.3 Å². The van der Waals surface area contributed by atoms with Crippen LogP contribution in [0.15, 0.2) is 95.1 Å². The fourth-order valence-electron chi connectivity index (χ4n) is 2.53. The van der Waals surface area contributed by atoms with Crippen molar-refractivity contribution in [2.24, 2.45) is 0 Å². The van der Waals surface area contributed by atoms with Gasteiger partial charge in [-0.05, 0) is 54.1 Å². The Hall–Kier alpha value is -2.52. The van der Waals surface area contributed by atoms with Gasteiger partial charge < -0.3 is 4.40 Å². The Morgan fingerprint density at radius 3 is 2.32 bits per heavy atom. The number of fused-ring (bicyclic) bond motifs is 1. The molecule has 0 atom stereocenters. The maximum atomic E-state index is 4.05. The first-order chi connectivity index (χ1) is 10.9. The maximum Gasteiger partial charge on any atom is 0.0528 e. The van der Waals surface area contributed by atoms with Crippen molar-refractivity contribution in [3.05, 3.63) is 85.3 Å². The van der Waals surface area contributed by atoms with Crippen LogP contribution in [0, 0.1) is 0 Å². The van der Waals surface area contributed by atoms with Gasteiger partial charge in [-0.2, -0.15) is 0 Å². The smallest absolute Gasteiger partial charge is 0.0528 e. The van der Waals surface area contributed by atoms with Crippen molar-refractivity contribution in [3.63, 3.8) is 0 Å². The number of rotatable bonds is 3. The van der Waals surface area contributed by atoms with Crippen molar-refractivity contribution < 1.29 is 0 Å². The minimum absolute atomic E-state index is 1.20. The average molecular weight is 302 g/mol. The van der Waals surface area contributed by atoms with Crippen LogP contribution in [0.3, 0.4) is 0 Å². The second-order valence-electron chi connectivity index (χ2n) is 5.02. The van der Waals surface area contributed by atoms with Gasteiger partial charge in [0.05, 0.1) is 5.69 Å². The zero-order valence-electron chi connectivity index (χ0n) is 11.9. The molecule has 0 spiro atoms. The minimum Gasteiger partial charge on any atom is -0.317 e. The second-order valence-corrected chi connectivity index (χ2v) is 6.17. The molecule has 2 nitrogen and oxygen atoms in total. The molecule has 3 heteroatoms. The molecule has 0 unspecified atom stereocenters. The summed E-state index contributed by atoms with van der Waals surface area (Å²) < 4.78 is 2.21. The fourth-order valence-corrected chi connectivity index (χ4v) is 3.33. The van der Waals surface area contributed by atoms with E-state index in [0.717, 1.165) is 0 Å². The van der Waals surface area contributed by atoms with Crippen molar-refractivity contribution >= 4 is 17.3 Å². The molecule has 4 aromatic rings. The lowest BCUT2D eigenvalue weighted by molar-refractivity contribution is 1.20. The van der Waals surface area contributed by atoms with Gasteiger partial charge in [-0.3, -0.25) is 4.98 Å². The molecule has 3 aromatic heterocycles. The lowest BCUT2D eigenvalue weighted by Gasteiger charge is -2.05. The Kier molecular flexibility index (Phi) is 3.41. The van der Waals surface area contributed by atoms with Gasteiger partial charge in [-0.25, -0.2) is 0 Å². The van der Waals surface area contributed by atoms with Gasteiger partial charge in [-0.1, -0.05) is 30.0 Å². The largest absolute Gasteiger partial charge is 0.317 e. The van der Waals surface area contributed by atoms with Gasteiger partial charge >= 0.3 is 0 Å². The lowest BCUT2D eigenvalue weighted by atomic mass is 10.1. The summed E-state index contributed by atoms with van der Waals surface area (Å²) in [6.45, 7) is 0. The van der Waals surface area contributed by atoms with Crippen LogP contribution in [-0.4, -0.2) is 9.38 Å². The van der Waals surface area contributed by atoms with E-state index in [9.17, 15) is 0 Å². The first-order valence-corrected chi connectivity index (χ1v) is 7.96. The number of hydrogen-bond acceptors (Lipinski definition) is 2. The van der Waals surface area contributed by atoms with Crippen LogP contribution >= 0.6 is 11.8 Å². The van der Waals surface area contributed by atoms with Gasteiger partial charge in [0.2, 0.25) is 0 Å². The van der Waals surface area contributed by atoms with E-state index < -0.39 is 0 Å². The highest BCUT2D eigenvalue weighted by Crippen LogP contribution is 2.29. The van der Waals surface area contributed by atoms with Gasteiger partial charge in [0.15, 0.2) is 0 Å². The lowest BCUT2D eigenvalue weighted by Crippen LogP contribution is -1.86. The van der Waals surface area contributed by atoms with Crippen molar-refractivity contribution in [1.29, 1.82) is 0 Å². The van der Waals surface area contributed by atoms with E-state index in [1.165, 1.54) is 26.6 Å². The molecule has 0 saturated heterocycles. The molecule has 0 aliphatic heterocycles. The molecule has 4 rings (SSSR count). The topological polar surface area (TPSA) is 17.3 Å². The van der Waals surface area contributed by atoms with Gasteiger partial charge in [0, 0.05) is 33.9 Å². The van der Waals surface area contributed by atoms with E-state index in [1.807, 2.05) is 24.5 Å². The van der Waals surface area contributed by atoms with Crippen LogP contribution in [-0.2, 0) is 0 Å². The van der Waals surface area contributed by atoms with E-state index >= 15 is 0 Å². The molecule has 3 heterocycles. The highest BCUT2D eigenvalue weighted by atomic mass is 32.2. The number of aromatic nitrogens is 2. The predicted molar refractivity (Wildman–Crippen MR) is 91.2 cm³/mol. The Balaban J connectivity index is 1.64. The Bertz CT molecular complexity index is 896. The molecule has 0 aliphatic rings. The van der Waals surface area contributed by atoms with E-state index in [2.05, 4.69) is 70.2 Å². The molecule has 0 saturated carbocycles. The third kappa shape index (κ3) is 2.51. The molecule has 0 fully saturated rings. The summed E-state index contributed by atoms with van der Waals surface area (Å²) in [6.07, 6.45) is 5.75. The summed E-state index contributed by atoms with van der Waals surface area (Å²) in [6, 6.07) is 23.3. The zero-order valence-corrected chi connectivity index (χ0v) is 12.7. The Morgan fingerprint density at radius 1 is 0.727 bits per heavy atom. The molecule has 0 radical (unpaired) electrons. The van der Waals surface area contributed by atoms with E-state index in [0.29, 0.717) is 0 Å². The first-order valence-electron chi connectivity index (χ1n) is 7.14. The van der Waals surface area contributed by atoms with Gasteiger partial charge in [0.25, 0.3) is 0 Å². The van der Waals surface area contributed by atoms with Gasteiger partial charge in [0.1, 0.15) is 0 Å². The molecule has 106 valence electrons. The maximum absolute atomic E-state index is 4.05. The number of nitrogens with zero attached hydrogens (tertiary/aromatic N) is 2. The number of pyridine rings is 2. The molecule has 0 bridgehead atoms. The molecule has 0 amide bonds. The molecular formula is C19H14N2S. The number of hydrogen-bond donors (Lipinski definition) is 0. The zero-order chi connectivity index (χ0) is 14.8. The third-order valence-corrected chi connectivity index (χ3v) is 4.61. The predicted octanol–water partition coefficient (Wildman–Crippen LogP) is 5.15. The van der Waals surface area contributed by atoms with Crippen molar-refractivity contribution in [2.45, 2.75) is 9.79 Å². The minimum atomic E-state index is 1.20. The highest BCUT2D eigenvalue weighted by molar-refractivity contribution is 7.99. The summed E-state index contributed by atoms with van der Waals surface area (Å²) in [7, 11) is 0. The average Bonchev–Trinajstić information content (AvgIpc) is 3.01.